The minimum atomic E-state index is -0.806. The molecule has 0 saturated heterocycles. The van der Waals surface area contributed by atoms with Crippen LogP contribution in [-0.2, 0) is 4.79 Å². The Morgan fingerprint density at radius 2 is 2.11 bits per heavy atom. The molecule has 0 bridgehead atoms. The highest BCUT2D eigenvalue weighted by molar-refractivity contribution is 7.96. The van der Waals surface area contributed by atoms with Crippen molar-refractivity contribution < 1.29 is 18.8 Å². The molecule has 0 heterocycles. The van der Waals surface area contributed by atoms with Crippen LogP contribution in [0.25, 0.3) is 0 Å². The molecule has 2 amide bonds. The van der Waals surface area contributed by atoms with E-state index in [2.05, 4.69) is 5.32 Å². The van der Waals surface area contributed by atoms with Gasteiger partial charge in [0.2, 0.25) is 6.41 Å². The fraction of sp³-hybridized carbons (Fsp3) is 0.182. The lowest BCUT2D eigenvalue weighted by Gasteiger charge is -2.16. The first kappa shape index (κ1) is 14.2. The maximum absolute atomic E-state index is 13.7. The zero-order valence-electron chi connectivity index (χ0n) is 9.77. The predicted octanol–water partition coefficient (Wildman–Crippen LogP) is 1.56. The van der Waals surface area contributed by atoms with E-state index in [0.29, 0.717) is 12.7 Å². The Kier molecular flexibility index (Phi) is 4.85. The molecule has 0 aliphatic heterocycles. The zero-order chi connectivity index (χ0) is 13.7. The molecular weight excluding hydrogens is 259 g/mol. The molecule has 7 heteroatoms. The van der Waals surface area contributed by atoms with Gasteiger partial charge in [0.1, 0.15) is 5.82 Å². The monoisotopic (exact) mass is 270 g/mol. The summed E-state index contributed by atoms with van der Waals surface area (Å²) in [5.74, 6) is -1.45. The van der Waals surface area contributed by atoms with Gasteiger partial charge in [-0.2, -0.15) is 0 Å². The molecule has 1 aromatic rings. The van der Waals surface area contributed by atoms with Crippen molar-refractivity contribution in [3.8, 4) is 0 Å². The third kappa shape index (κ3) is 2.67. The van der Waals surface area contributed by atoms with Gasteiger partial charge in [-0.05, 0) is 12.1 Å². The normalized spacial score (nSPS) is 9.72. The first-order chi connectivity index (χ1) is 8.56. The van der Waals surface area contributed by atoms with E-state index in [9.17, 15) is 18.8 Å². The number of rotatable bonds is 5. The summed E-state index contributed by atoms with van der Waals surface area (Å²) < 4.78 is 14.9. The van der Waals surface area contributed by atoms with Gasteiger partial charge in [-0.3, -0.25) is 18.7 Å². The van der Waals surface area contributed by atoms with Gasteiger partial charge in [0.05, 0.1) is 16.8 Å². The minimum absolute atomic E-state index is 0.0965. The van der Waals surface area contributed by atoms with Crippen LogP contribution in [0.4, 0.5) is 10.1 Å². The van der Waals surface area contributed by atoms with Crippen LogP contribution in [0.2, 0.25) is 0 Å². The fourth-order valence-electron chi connectivity index (χ4n) is 1.36. The highest BCUT2D eigenvalue weighted by atomic mass is 32.2. The summed E-state index contributed by atoms with van der Waals surface area (Å²) in [6.07, 6.45) is 2.34. The molecule has 1 aromatic carbocycles. The van der Waals surface area contributed by atoms with E-state index in [4.69, 9.17) is 0 Å². The molecule has 96 valence electrons. The number of amides is 2. The van der Waals surface area contributed by atoms with E-state index in [1.165, 1.54) is 17.4 Å². The van der Waals surface area contributed by atoms with Crippen LogP contribution in [0.1, 0.15) is 20.7 Å². The molecule has 18 heavy (non-hydrogen) atoms. The molecule has 0 fully saturated rings. The van der Waals surface area contributed by atoms with Crippen LogP contribution in [0, 0.1) is 5.82 Å². The first-order valence-electron chi connectivity index (χ1n) is 4.86. The lowest BCUT2D eigenvalue weighted by atomic mass is 10.0. The second-order valence-electron chi connectivity index (χ2n) is 3.25. The maximum atomic E-state index is 13.7. The van der Waals surface area contributed by atoms with E-state index >= 15 is 0 Å². The molecule has 0 radical (unpaired) electrons. The van der Waals surface area contributed by atoms with Crippen molar-refractivity contribution in [1.82, 2.24) is 4.31 Å². The standard InChI is InChI=1S/C11H11FN2O3S/c1-14(18-2)11(17)10-7(5-15)9(13-6-16)4-3-8(10)12/h3-6H,1-2H3,(H,13,16). The zero-order valence-corrected chi connectivity index (χ0v) is 10.6. The number of hydrogen-bond donors (Lipinski definition) is 1. The lowest BCUT2D eigenvalue weighted by molar-refractivity contribution is -0.105. The second-order valence-corrected chi connectivity index (χ2v) is 4.16. The SMILES string of the molecule is CSN(C)C(=O)c1c(F)ccc(NC=O)c1C=O. The Bertz CT molecular complexity index is 493. The Labute approximate surface area is 107 Å². The summed E-state index contributed by atoms with van der Waals surface area (Å²) in [6.45, 7) is 0. The number of benzene rings is 1. The van der Waals surface area contributed by atoms with Gasteiger partial charge in [-0.15, -0.1) is 0 Å². The summed E-state index contributed by atoms with van der Waals surface area (Å²) in [4.78, 5) is 33.3. The topological polar surface area (TPSA) is 66.5 Å². The Morgan fingerprint density at radius 3 is 2.61 bits per heavy atom. The summed E-state index contributed by atoms with van der Waals surface area (Å²) in [6, 6.07) is 2.25. The highest BCUT2D eigenvalue weighted by Crippen LogP contribution is 2.23. The second kappa shape index (κ2) is 6.15. The molecular formula is C11H11FN2O3S. The molecule has 5 nitrogen and oxygen atoms in total. The molecule has 1 rings (SSSR count). The summed E-state index contributed by atoms with van der Waals surface area (Å²) in [7, 11) is 1.46. The van der Waals surface area contributed by atoms with Crippen LogP contribution in [0.5, 0.6) is 0 Å². The number of aldehydes is 1. The molecule has 0 aliphatic carbocycles. The Morgan fingerprint density at radius 1 is 1.44 bits per heavy atom. The maximum Gasteiger partial charge on any atom is 0.267 e. The number of nitrogens with one attached hydrogen (secondary N) is 1. The van der Waals surface area contributed by atoms with Crippen LogP contribution in [-0.4, -0.2) is 36.2 Å². The number of nitrogens with zero attached hydrogens (tertiary/aromatic N) is 1. The van der Waals surface area contributed by atoms with Crippen molar-refractivity contribution in [2.75, 3.05) is 18.6 Å². The number of carbonyl (C=O) groups excluding carboxylic acids is 3. The van der Waals surface area contributed by atoms with Crippen molar-refractivity contribution in [2.45, 2.75) is 0 Å². The summed E-state index contributed by atoms with van der Waals surface area (Å²) in [5.41, 5.74) is -0.430. The molecule has 0 unspecified atom stereocenters. The van der Waals surface area contributed by atoms with E-state index in [-0.39, 0.29) is 16.8 Å². The van der Waals surface area contributed by atoms with Gasteiger partial charge >= 0.3 is 0 Å². The van der Waals surface area contributed by atoms with E-state index in [1.54, 1.807) is 6.26 Å². The third-order valence-electron chi connectivity index (χ3n) is 2.30. The van der Waals surface area contributed by atoms with Crippen LogP contribution in [0.15, 0.2) is 12.1 Å². The van der Waals surface area contributed by atoms with Gasteiger partial charge in [0, 0.05) is 13.3 Å². The van der Waals surface area contributed by atoms with Gasteiger partial charge < -0.3 is 5.32 Å². The Hall–Kier alpha value is -1.89. The quantitative estimate of drug-likeness (QED) is 0.651. The number of halogens is 1. The average Bonchev–Trinajstić information content (AvgIpc) is 2.38. The Balaban J connectivity index is 3.40. The van der Waals surface area contributed by atoms with E-state index in [1.807, 2.05) is 0 Å². The molecule has 1 N–H and O–H groups in total. The van der Waals surface area contributed by atoms with Gasteiger partial charge in [-0.25, -0.2) is 4.39 Å². The van der Waals surface area contributed by atoms with Gasteiger partial charge in [0.15, 0.2) is 6.29 Å². The molecule has 0 aromatic heterocycles. The number of carbonyl (C=O) groups is 3. The highest BCUT2D eigenvalue weighted by Gasteiger charge is 2.22. The van der Waals surface area contributed by atoms with Crippen LogP contribution in [0.3, 0.4) is 0 Å². The van der Waals surface area contributed by atoms with E-state index in [0.717, 1.165) is 18.0 Å². The largest absolute Gasteiger partial charge is 0.328 e. The smallest absolute Gasteiger partial charge is 0.267 e. The third-order valence-corrected chi connectivity index (χ3v) is 3.01. The molecule has 0 saturated carbocycles. The van der Waals surface area contributed by atoms with Crippen molar-refractivity contribution >= 4 is 36.2 Å². The lowest BCUT2D eigenvalue weighted by Crippen LogP contribution is -2.22. The van der Waals surface area contributed by atoms with Gasteiger partial charge in [0.25, 0.3) is 5.91 Å². The fourth-order valence-corrected chi connectivity index (χ4v) is 1.62. The van der Waals surface area contributed by atoms with Gasteiger partial charge in [-0.1, -0.05) is 11.9 Å². The van der Waals surface area contributed by atoms with Crippen molar-refractivity contribution in [3.63, 3.8) is 0 Å². The van der Waals surface area contributed by atoms with Crippen molar-refractivity contribution in [2.24, 2.45) is 0 Å². The van der Waals surface area contributed by atoms with Crippen molar-refractivity contribution in [3.05, 3.63) is 29.1 Å². The average molecular weight is 270 g/mol. The molecule has 0 atom stereocenters. The number of hydrogen-bond acceptors (Lipinski definition) is 4. The summed E-state index contributed by atoms with van der Waals surface area (Å²) >= 11 is 1.09. The molecule has 0 spiro atoms. The van der Waals surface area contributed by atoms with Crippen LogP contribution >= 0.6 is 11.9 Å². The number of anilines is 1. The molecule has 0 aliphatic rings. The summed E-state index contributed by atoms with van der Waals surface area (Å²) in [5, 5.41) is 2.25. The van der Waals surface area contributed by atoms with Crippen molar-refractivity contribution in [1.29, 1.82) is 0 Å². The first-order valence-corrected chi connectivity index (χ1v) is 6.05. The van der Waals surface area contributed by atoms with Crippen LogP contribution < -0.4 is 5.32 Å². The minimum Gasteiger partial charge on any atom is -0.328 e. The predicted molar refractivity (Wildman–Crippen MR) is 67.1 cm³/mol. The van der Waals surface area contributed by atoms with E-state index < -0.39 is 11.7 Å².